The average Bonchev–Trinajstić information content (AvgIpc) is 3.43. The summed E-state index contributed by atoms with van der Waals surface area (Å²) in [6, 6.07) is 8.67. The summed E-state index contributed by atoms with van der Waals surface area (Å²) in [6.07, 6.45) is -0.382. The number of anilines is 1. The van der Waals surface area contributed by atoms with Gasteiger partial charge < -0.3 is 19.4 Å². The highest BCUT2D eigenvalue weighted by Gasteiger charge is 2.57. The molecule has 212 valence electrons. The lowest BCUT2D eigenvalue weighted by atomic mass is 9.78. The van der Waals surface area contributed by atoms with E-state index in [9.17, 15) is 13.6 Å². The van der Waals surface area contributed by atoms with E-state index in [0.717, 1.165) is 29.8 Å². The van der Waals surface area contributed by atoms with Gasteiger partial charge in [-0.15, -0.1) is 0 Å². The number of benzene rings is 2. The fraction of sp³-hybridized carbons (Fsp3) is 0.357. The first kappa shape index (κ1) is 28.1. The van der Waals surface area contributed by atoms with E-state index in [0.29, 0.717) is 18.7 Å². The zero-order valence-corrected chi connectivity index (χ0v) is 22.7. The third-order valence-corrected chi connectivity index (χ3v) is 7.37. The smallest absolute Gasteiger partial charge is 0.249 e. The number of hydrogen-bond donors (Lipinski definition) is 1. The predicted octanol–water partition coefficient (Wildman–Crippen LogP) is 5.09. The molecule has 0 spiro atoms. The number of carbonyl (C=O) groups is 1. The Morgan fingerprint density at radius 1 is 1.07 bits per heavy atom. The molecule has 12 heteroatoms. The molecule has 4 atom stereocenters. The van der Waals surface area contributed by atoms with Gasteiger partial charge >= 0.3 is 0 Å². The van der Waals surface area contributed by atoms with Gasteiger partial charge in [-0.25, -0.2) is 22.6 Å². The molecule has 3 heterocycles. The summed E-state index contributed by atoms with van der Waals surface area (Å²) in [7, 11) is 1.94. The Balaban J connectivity index is 1.62. The van der Waals surface area contributed by atoms with E-state index < -0.39 is 40.6 Å². The fourth-order valence-electron chi connectivity index (χ4n) is 5.42. The number of morpholine rings is 1. The van der Waals surface area contributed by atoms with Crippen LogP contribution in [0.2, 0.25) is 5.22 Å². The van der Waals surface area contributed by atoms with Crippen LogP contribution in [0.5, 0.6) is 0 Å². The summed E-state index contributed by atoms with van der Waals surface area (Å²) in [5.41, 5.74) is -2.18. The second kappa shape index (κ2) is 10.9. The van der Waals surface area contributed by atoms with Crippen LogP contribution in [-0.2, 0) is 9.53 Å². The van der Waals surface area contributed by atoms with Gasteiger partial charge in [-0.1, -0.05) is 0 Å². The maximum atomic E-state index is 15.2. The third-order valence-electron chi connectivity index (χ3n) is 7.17. The first-order valence-electron chi connectivity index (χ1n) is 12.6. The van der Waals surface area contributed by atoms with E-state index in [1.807, 2.05) is 14.0 Å². The van der Waals surface area contributed by atoms with E-state index >= 15 is 8.78 Å². The van der Waals surface area contributed by atoms with Crippen molar-refractivity contribution >= 4 is 28.9 Å². The zero-order valence-electron chi connectivity index (χ0n) is 21.9. The van der Waals surface area contributed by atoms with Crippen LogP contribution in [-0.4, -0.2) is 60.9 Å². The highest BCUT2D eigenvalue weighted by Crippen LogP contribution is 2.46. The van der Waals surface area contributed by atoms with Crippen LogP contribution >= 0.6 is 11.6 Å². The number of nitrogens with one attached hydrogen (secondary N) is 1. The van der Waals surface area contributed by atoms with Crippen LogP contribution < -0.4 is 10.3 Å². The Morgan fingerprint density at radius 2 is 1.77 bits per heavy atom. The van der Waals surface area contributed by atoms with Gasteiger partial charge in [-0.3, -0.25) is 4.79 Å². The van der Waals surface area contributed by atoms with E-state index in [1.165, 1.54) is 25.1 Å². The Labute approximate surface area is 233 Å². The number of ether oxygens (including phenoxy) is 1. The number of hydrazone groups is 1. The van der Waals surface area contributed by atoms with E-state index in [2.05, 4.69) is 15.3 Å². The molecular weight excluding hydrogens is 552 g/mol. The lowest BCUT2D eigenvalue weighted by molar-refractivity contribution is -0.128. The number of halogens is 5. The second-order valence-electron chi connectivity index (χ2n) is 10.2. The normalized spacial score (nSPS) is 25.2. The van der Waals surface area contributed by atoms with Crippen molar-refractivity contribution < 1.29 is 31.5 Å². The molecule has 1 N–H and O–H groups in total. The number of amides is 1. The number of likely N-dealkylation sites (N-methyl/N-ethyl adjacent to an activating group) is 1. The monoisotopic (exact) mass is 578 g/mol. The van der Waals surface area contributed by atoms with Gasteiger partial charge in [0.2, 0.25) is 5.91 Å². The minimum absolute atomic E-state index is 0.00395. The van der Waals surface area contributed by atoms with Crippen LogP contribution in [0.25, 0.3) is 0 Å². The molecule has 7 nitrogen and oxygen atoms in total. The van der Waals surface area contributed by atoms with Gasteiger partial charge in [0.25, 0.3) is 0 Å². The van der Waals surface area contributed by atoms with Crippen LogP contribution in [0.3, 0.4) is 0 Å². The topological polar surface area (TPSA) is 70.3 Å². The van der Waals surface area contributed by atoms with Gasteiger partial charge in [0.15, 0.2) is 16.6 Å². The van der Waals surface area contributed by atoms with Crippen LogP contribution in [0, 0.1) is 23.3 Å². The zero-order chi connectivity index (χ0) is 28.8. The molecule has 0 saturated carbocycles. The van der Waals surface area contributed by atoms with Crippen LogP contribution in [0.15, 0.2) is 58.0 Å². The maximum Gasteiger partial charge on any atom is 0.249 e. The number of furan rings is 1. The molecule has 2 aromatic carbocycles. The van der Waals surface area contributed by atoms with Crippen molar-refractivity contribution in [3.8, 4) is 0 Å². The summed E-state index contributed by atoms with van der Waals surface area (Å²) in [5, 5.41) is 8.44. The summed E-state index contributed by atoms with van der Waals surface area (Å²) in [5.74, 6) is -5.20. The molecule has 2 aliphatic rings. The quantitative estimate of drug-likeness (QED) is 0.413. The minimum Gasteiger partial charge on any atom is -0.449 e. The van der Waals surface area contributed by atoms with Crippen molar-refractivity contribution in [3.63, 3.8) is 0 Å². The van der Waals surface area contributed by atoms with Crippen molar-refractivity contribution in [2.45, 2.75) is 37.5 Å². The lowest BCUT2D eigenvalue weighted by Gasteiger charge is -2.38. The van der Waals surface area contributed by atoms with Gasteiger partial charge in [0.1, 0.15) is 23.2 Å². The molecule has 0 radical (unpaired) electrons. The van der Waals surface area contributed by atoms with Crippen molar-refractivity contribution in [2.24, 2.45) is 5.10 Å². The molecular formula is C28H27ClF4N4O3. The number of nitrogens with zero attached hydrogens (tertiary/aromatic N) is 3. The fourth-order valence-corrected chi connectivity index (χ4v) is 5.57. The van der Waals surface area contributed by atoms with Crippen molar-refractivity contribution in [1.29, 1.82) is 0 Å². The van der Waals surface area contributed by atoms with Crippen molar-refractivity contribution in [1.82, 2.24) is 10.2 Å². The summed E-state index contributed by atoms with van der Waals surface area (Å²) < 4.78 is 69.6. The molecule has 4 unspecified atom stereocenters. The molecule has 3 aromatic rings. The van der Waals surface area contributed by atoms with Crippen LogP contribution in [0.4, 0.5) is 23.2 Å². The Hall–Kier alpha value is -3.41. The molecule has 1 fully saturated rings. The van der Waals surface area contributed by atoms with E-state index in [-0.39, 0.29) is 46.7 Å². The Kier molecular flexibility index (Phi) is 7.64. The molecule has 40 heavy (non-hydrogen) atoms. The summed E-state index contributed by atoms with van der Waals surface area (Å²) in [4.78, 5) is 16.2. The van der Waals surface area contributed by atoms with E-state index in [4.69, 9.17) is 20.8 Å². The Morgan fingerprint density at radius 3 is 2.40 bits per heavy atom. The first-order valence-corrected chi connectivity index (χ1v) is 13.0. The molecule has 2 aliphatic heterocycles. The largest absolute Gasteiger partial charge is 0.449 e. The molecule has 5 rings (SSSR count). The second-order valence-corrected chi connectivity index (χ2v) is 10.6. The van der Waals surface area contributed by atoms with Crippen LogP contribution in [0.1, 0.15) is 31.1 Å². The van der Waals surface area contributed by atoms with Crippen molar-refractivity contribution in [3.05, 3.63) is 88.3 Å². The maximum absolute atomic E-state index is 15.2. The standard InChI is InChI=1S/C28H27ClF4N4O3/c1-15-13-36(3)14-18(39-15)12-34-27(38)28(2)25(23-8-9-24(29)40-23)26(19-6-4-16(30)10-20(19)32)35-37(28)22-7-5-17(31)11-21(22)33/h4-11,15,18,25H,12-14H2,1-3H3,(H,34,38). The average molecular weight is 579 g/mol. The molecule has 0 bridgehead atoms. The van der Waals surface area contributed by atoms with Gasteiger partial charge in [-0.2, -0.15) is 5.10 Å². The number of hydrogen-bond acceptors (Lipinski definition) is 6. The first-order chi connectivity index (χ1) is 19.0. The SMILES string of the molecule is CC1CN(C)CC(CNC(=O)C2(C)C(c3ccc(Cl)o3)C(c3ccc(F)cc3F)=NN2c2ccc(F)cc2F)O1. The molecule has 1 saturated heterocycles. The summed E-state index contributed by atoms with van der Waals surface area (Å²) in [6.45, 7) is 4.84. The van der Waals surface area contributed by atoms with E-state index in [1.54, 1.807) is 0 Å². The van der Waals surface area contributed by atoms with Gasteiger partial charge in [-0.05, 0) is 68.9 Å². The highest BCUT2D eigenvalue weighted by atomic mass is 35.5. The third kappa shape index (κ3) is 5.21. The predicted molar refractivity (Wildman–Crippen MR) is 141 cm³/mol. The Bertz CT molecular complexity index is 1460. The summed E-state index contributed by atoms with van der Waals surface area (Å²) >= 11 is 6.08. The highest BCUT2D eigenvalue weighted by molar-refractivity contribution is 6.28. The molecule has 1 aromatic heterocycles. The van der Waals surface area contributed by atoms with Gasteiger partial charge in [0, 0.05) is 37.3 Å². The van der Waals surface area contributed by atoms with Crippen molar-refractivity contribution in [2.75, 3.05) is 31.7 Å². The number of carbonyl (C=O) groups excluding carboxylic acids is 1. The minimum atomic E-state index is -1.78. The van der Waals surface area contributed by atoms with Gasteiger partial charge in [0.05, 0.1) is 29.5 Å². The lowest BCUT2D eigenvalue weighted by Crippen LogP contribution is -2.59. The number of rotatable bonds is 6. The molecule has 0 aliphatic carbocycles. The molecule has 1 amide bonds.